The lowest BCUT2D eigenvalue weighted by Crippen LogP contribution is -2.30. The quantitative estimate of drug-likeness (QED) is 0.799. The van der Waals surface area contributed by atoms with E-state index in [9.17, 15) is 0 Å². The second-order valence-corrected chi connectivity index (χ2v) is 6.40. The molecule has 2 nitrogen and oxygen atoms in total. The van der Waals surface area contributed by atoms with Gasteiger partial charge in [0.25, 0.3) is 0 Å². The van der Waals surface area contributed by atoms with E-state index < -0.39 is 0 Å². The predicted octanol–water partition coefficient (Wildman–Crippen LogP) is 3.98. The molecule has 0 saturated carbocycles. The van der Waals surface area contributed by atoms with Crippen LogP contribution < -0.4 is 10.1 Å². The normalized spacial score (nSPS) is 16.5. The lowest BCUT2D eigenvalue weighted by atomic mass is 10.1. The van der Waals surface area contributed by atoms with Crippen molar-refractivity contribution in [2.75, 3.05) is 13.1 Å². The second kappa shape index (κ2) is 7.10. The van der Waals surface area contributed by atoms with Crippen LogP contribution in [0.3, 0.4) is 0 Å². The Balaban J connectivity index is 1.36. The number of hydrogen-bond donors (Lipinski definition) is 1. The molecular formula is C18H20BrNO. The molecule has 21 heavy (non-hydrogen) atoms. The van der Waals surface area contributed by atoms with E-state index in [0.29, 0.717) is 0 Å². The Hall–Kier alpha value is -1.32. The summed E-state index contributed by atoms with van der Waals surface area (Å²) in [6, 6.07) is 16.9. The summed E-state index contributed by atoms with van der Waals surface area (Å²) in [5.41, 5.74) is 2.72. The zero-order chi connectivity index (χ0) is 14.5. The van der Waals surface area contributed by atoms with E-state index in [0.717, 1.165) is 42.6 Å². The molecule has 0 spiro atoms. The highest BCUT2D eigenvalue weighted by molar-refractivity contribution is 9.10. The Morgan fingerprint density at radius 1 is 1.14 bits per heavy atom. The SMILES string of the molecule is Brc1ccc2c(c1)CC(CNCCCc1ccccc1)O2. The third kappa shape index (κ3) is 4.08. The van der Waals surface area contributed by atoms with Crippen molar-refractivity contribution in [3.05, 3.63) is 64.1 Å². The van der Waals surface area contributed by atoms with Gasteiger partial charge in [-0.2, -0.15) is 0 Å². The van der Waals surface area contributed by atoms with Crippen molar-refractivity contribution < 1.29 is 4.74 Å². The molecule has 3 heteroatoms. The fourth-order valence-electron chi connectivity index (χ4n) is 2.73. The summed E-state index contributed by atoms with van der Waals surface area (Å²) in [6.45, 7) is 1.95. The van der Waals surface area contributed by atoms with Gasteiger partial charge in [-0.1, -0.05) is 46.3 Å². The molecule has 0 radical (unpaired) electrons. The van der Waals surface area contributed by atoms with Crippen molar-refractivity contribution in [2.45, 2.75) is 25.4 Å². The number of hydrogen-bond acceptors (Lipinski definition) is 2. The van der Waals surface area contributed by atoms with Crippen LogP contribution in [0.1, 0.15) is 17.5 Å². The fraction of sp³-hybridized carbons (Fsp3) is 0.333. The number of rotatable bonds is 6. The van der Waals surface area contributed by atoms with E-state index in [4.69, 9.17) is 4.74 Å². The van der Waals surface area contributed by atoms with Crippen LogP contribution in [0.15, 0.2) is 53.0 Å². The van der Waals surface area contributed by atoms with Gasteiger partial charge >= 0.3 is 0 Å². The first-order valence-electron chi connectivity index (χ1n) is 7.51. The van der Waals surface area contributed by atoms with E-state index in [-0.39, 0.29) is 6.10 Å². The molecule has 1 unspecified atom stereocenters. The van der Waals surface area contributed by atoms with Crippen molar-refractivity contribution in [2.24, 2.45) is 0 Å². The second-order valence-electron chi connectivity index (χ2n) is 5.49. The maximum Gasteiger partial charge on any atom is 0.123 e. The summed E-state index contributed by atoms with van der Waals surface area (Å²) in [4.78, 5) is 0. The summed E-state index contributed by atoms with van der Waals surface area (Å²) >= 11 is 3.51. The van der Waals surface area contributed by atoms with Crippen LogP contribution in [0.5, 0.6) is 5.75 Å². The van der Waals surface area contributed by atoms with Gasteiger partial charge in [0.05, 0.1) is 0 Å². The third-order valence-electron chi connectivity index (χ3n) is 3.80. The molecule has 2 aromatic carbocycles. The van der Waals surface area contributed by atoms with Crippen LogP contribution in [-0.4, -0.2) is 19.2 Å². The van der Waals surface area contributed by atoms with Crippen LogP contribution in [0.4, 0.5) is 0 Å². The van der Waals surface area contributed by atoms with Crippen molar-refractivity contribution in [3.63, 3.8) is 0 Å². The first-order valence-corrected chi connectivity index (χ1v) is 8.30. The summed E-state index contributed by atoms with van der Waals surface area (Å²) in [5.74, 6) is 1.04. The molecule has 0 aromatic heterocycles. The minimum atomic E-state index is 0.269. The van der Waals surface area contributed by atoms with Gasteiger partial charge in [-0.05, 0) is 48.7 Å². The summed E-state index contributed by atoms with van der Waals surface area (Å²) in [6.07, 6.45) is 3.56. The molecule has 0 fully saturated rings. The van der Waals surface area contributed by atoms with Crippen LogP contribution in [0, 0.1) is 0 Å². The van der Waals surface area contributed by atoms with E-state index >= 15 is 0 Å². The van der Waals surface area contributed by atoms with Gasteiger partial charge in [0, 0.05) is 17.4 Å². The van der Waals surface area contributed by atoms with Crippen LogP contribution >= 0.6 is 15.9 Å². The highest BCUT2D eigenvalue weighted by Crippen LogP contribution is 2.30. The molecule has 1 heterocycles. The van der Waals surface area contributed by atoms with Gasteiger partial charge in [-0.25, -0.2) is 0 Å². The highest BCUT2D eigenvalue weighted by atomic mass is 79.9. The summed E-state index contributed by atoms with van der Waals surface area (Å²) in [5, 5.41) is 3.51. The smallest absolute Gasteiger partial charge is 0.123 e. The summed E-state index contributed by atoms with van der Waals surface area (Å²) in [7, 11) is 0. The van der Waals surface area contributed by atoms with E-state index in [1.807, 2.05) is 6.07 Å². The maximum atomic E-state index is 5.94. The van der Waals surface area contributed by atoms with Crippen LogP contribution in [0.25, 0.3) is 0 Å². The molecule has 1 N–H and O–H groups in total. The molecule has 0 bridgehead atoms. The van der Waals surface area contributed by atoms with E-state index in [2.05, 4.69) is 63.7 Å². The minimum Gasteiger partial charge on any atom is -0.488 e. The lowest BCUT2D eigenvalue weighted by Gasteiger charge is -2.11. The number of fused-ring (bicyclic) bond motifs is 1. The number of ether oxygens (including phenoxy) is 1. The average Bonchev–Trinajstić information content (AvgIpc) is 2.90. The van der Waals surface area contributed by atoms with E-state index in [1.54, 1.807) is 0 Å². The first-order chi connectivity index (χ1) is 10.3. The van der Waals surface area contributed by atoms with Crippen LogP contribution in [0.2, 0.25) is 0 Å². The van der Waals surface area contributed by atoms with Gasteiger partial charge < -0.3 is 10.1 Å². The Kier molecular flexibility index (Phi) is 4.94. The predicted molar refractivity (Wildman–Crippen MR) is 89.9 cm³/mol. The maximum absolute atomic E-state index is 5.94. The average molecular weight is 346 g/mol. The van der Waals surface area contributed by atoms with Crippen LogP contribution in [-0.2, 0) is 12.8 Å². The molecule has 3 rings (SSSR count). The van der Waals surface area contributed by atoms with Gasteiger partial charge in [-0.3, -0.25) is 0 Å². The molecule has 1 aliphatic rings. The van der Waals surface area contributed by atoms with Crippen molar-refractivity contribution in [3.8, 4) is 5.75 Å². The van der Waals surface area contributed by atoms with Gasteiger partial charge in [0.2, 0.25) is 0 Å². The molecular weight excluding hydrogens is 326 g/mol. The monoisotopic (exact) mass is 345 g/mol. The number of benzene rings is 2. The Morgan fingerprint density at radius 3 is 2.86 bits per heavy atom. The first kappa shape index (κ1) is 14.6. The van der Waals surface area contributed by atoms with Gasteiger partial charge in [0.15, 0.2) is 0 Å². The third-order valence-corrected chi connectivity index (χ3v) is 4.29. The standard InChI is InChI=1S/C18H20BrNO/c19-16-8-9-18-15(11-16)12-17(21-18)13-20-10-4-7-14-5-2-1-3-6-14/h1-3,5-6,8-9,11,17,20H,4,7,10,12-13H2. The molecule has 0 aliphatic carbocycles. The topological polar surface area (TPSA) is 21.3 Å². The lowest BCUT2D eigenvalue weighted by molar-refractivity contribution is 0.228. The highest BCUT2D eigenvalue weighted by Gasteiger charge is 2.22. The Morgan fingerprint density at radius 2 is 2.00 bits per heavy atom. The van der Waals surface area contributed by atoms with Gasteiger partial charge in [-0.15, -0.1) is 0 Å². The zero-order valence-electron chi connectivity index (χ0n) is 12.0. The Bertz CT molecular complexity index is 585. The Labute approximate surface area is 134 Å². The number of aryl methyl sites for hydroxylation is 1. The molecule has 2 aromatic rings. The minimum absolute atomic E-state index is 0.269. The number of halogens is 1. The number of nitrogens with one attached hydrogen (secondary N) is 1. The van der Waals surface area contributed by atoms with Crippen molar-refractivity contribution in [1.29, 1.82) is 0 Å². The zero-order valence-corrected chi connectivity index (χ0v) is 13.6. The molecule has 1 atom stereocenters. The van der Waals surface area contributed by atoms with E-state index in [1.165, 1.54) is 11.1 Å². The molecule has 110 valence electrons. The van der Waals surface area contributed by atoms with Gasteiger partial charge in [0.1, 0.15) is 11.9 Å². The fourth-order valence-corrected chi connectivity index (χ4v) is 3.14. The summed E-state index contributed by atoms with van der Waals surface area (Å²) < 4.78 is 7.07. The molecule has 1 aliphatic heterocycles. The molecule has 0 amide bonds. The largest absolute Gasteiger partial charge is 0.488 e. The van der Waals surface area contributed by atoms with Crippen molar-refractivity contribution in [1.82, 2.24) is 5.32 Å². The van der Waals surface area contributed by atoms with Crippen molar-refractivity contribution >= 4 is 15.9 Å². The molecule has 0 saturated heterocycles.